The SMILES string of the molecule is COc1cc(N2CCC(N(C)C)CC2)ccc1-c1csc(N(C)C(=O)C2(CC(=O)OC(C)(C)C)Cc3cc(F)c(F)cc3C2)n1. The Labute approximate surface area is 267 Å². The van der Waals surface area contributed by atoms with Crippen LogP contribution in [0.2, 0.25) is 0 Å². The Morgan fingerprint density at radius 2 is 1.67 bits per heavy atom. The summed E-state index contributed by atoms with van der Waals surface area (Å²) >= 11 is 1.30. The smallest absolute Gasteiger partial charge is 0.307 e. The van der Waals surface area contributed by atoms with E-state index in [-0.39, 0.29) is 25.2 Å². The number of fused-ring (bicyclic) bond motifs is 1. The lowest BCUT2D eigenvalue weighted by Crippen LogP contribution is -2.45. The molecule has 0 spiro atoms. The first-order valence-corrected chi connectivity index (χ1v) is 16.1. The summed E-state index contributed by atoms with van der Waals surface area (Å²) in [5.41, 5.74) is 1.54. The summed E-state index contributed by atoms with van der Waals surface area (Å²) in [4.78, 5) is 38.1. The second-order valence-corrected chi connectivity index (χ2v) is 14.2. The molecule has 2 aromatic carbocycles. The lowest BCUT2D eigenvalue weighted by atomic mass is 9.80. The largest absolute Gasteiger partial charge is 0.496 e. The number of amides is 1. The van der Waals surface area contributed by atoms with Gasteiger partial charge in [-0.05, 0) is 95.9 Å². The van der Waals surface area contributed by atoms with Crippen LogP contribution in [0, 0.1) is 17.0 Å². The predicted molar refractivity (Wildman–Crippen MR) is 173 cm³/mol. The van der Waals surface area contributed by atoms with Crippen LogP contribution >= 0.6 is 11.3 Å². The minimum atomic E-state index is -1.27. The lowest BCUT2D eigenvalue weighted by molar-refractivity contribution is -0.159. The second-order valence-electron chi connectivity index (χ2n) is 13.4. The van der Waals surface area contributed by atoms with E-state index in [4.69, 9.17) is 14.5 Å². The minimum Gasteiger partial charge on any atom is -0.496 e. The molecule has 2 aliphatic rings. The van der Waals surface area contributed by atoms with E-state index < -0.39 is 28.6 Å². The van der Waals surface area contributed by atoms with Gasteiger partial charge in [0.25, 0.3) is 0 Å². The molecule has 2 heterocycles. The van der Waals surface area contributed by atoms with Crippen LogP contribution in [0.5, 0.6) is 5.75 Å². The molecule has 1 aliphatic carbocycles. The third kappa shape index (κ3) is 6.99. The van der Waals surface area contributed by atoms with E-state index >= 15 is 0 Å². The zero-order chi connectivity index (χ0) is 32.7. The molecular formula is C34H42F2N4O4S. The van der Waals surface area contributed by atoms with Crippen LogP contribution in [0.3, 0.4) is 0 Å². The summed E-state index contributed by atoms with van der Waals surface area (Å²) in [6.45, 7) is 7.19. The Balaban J connectivity index is 1.38. The molecule has 5 rings (SSSR count). The summed E-state index contributed by atoms with van der Waals surface area (Å²) in [7, 11) is 7.50. The monoisotopic (exact) mass is 640 g/mol. The minimum absolute atomic E-state index is 0.0846. The van der Waals surface area contributed by atoms with Crippen LogP contribution in [0.15, 0.2) is 35.7 Å². The number of benzene rings is 2. The van der Waals surface area contributed by atoms with Gasteiger partial charge in [0.15, 0.2) is 16.8 Å². The van der Waals surface area contributed by atoms with Crippen LogP contribution in [-0.2, 0) is 27.2 Å². The molecule has 1 aromatic heterocycles. The maximum atomic E-state index is 14.2. The van der Waals surface area contributed by atoms with Gasteiger partial charge >= 0.3 is 5.97 Å². The molecule has 0 atom stereocenters. The van der Waals surface area contributed by atoms with Crippen LogP contribution in [0.1, 0.15) is 51.2 Å². The first-order valence-electron chi connectivity index (χ1n) is 15.2. The number of ether oxygens (including phenoxy) is 2. The summed E-state index contributed by atoms with van der Waals surface area (Å²) in [5, 5.41) is 2.30. The number of hydrogen-bond acceptors (Lipinski definition) is 8. The van der Waals surface area contributed by atoms with E-state index in [1.807, 2.05) is 17.5 Å². The molecule has 11 heteroatoms. The third-order valence-electron chi connectivity index (χ3n) is 8.76. The number of hydrogen-bond donors (Lipinski definition) is 0. The highest BCUT2D eigenvalue weighted by Crippen LogP contribution is 2.44. The fourth-order valence-electron chi connectivity index (χ4n) is 6.47. The number of thiazole rings is 1. The molecule has 3 aromatic rings. The summed E-state index contributed by atoms with van der Waals surface area (Å²) in [5.74, 6) is -2.19. The van der Waals surface area contributed by atoms with E-state index in [1.54, 1.807) is 34.9 Å². The molecule has 0 N–H and O–H groups in total. The van der Waals surface area contributed by atoms with Gasteiger partial charge in [-0.3, -0.25) is 14.5 Å². The molecule has 1 saturated heterocycles. The molecular weight excluding hydrogens is 598 g/mol. The molecule has 1 aliphatic heterocycles. The van der Waals surface area contributed by atoms with E-state index in [0.29, 0.717) is 33.7 Å². The van der Waals surface area contributed by atoms with Gasteiger partial charge in [0.2, 0.25) is 5.91 Å². The average Bonchev–Trinajstić information content (AvgIpc) is 3.61. The van der Waals surface area contributed by atoms with Gasteiger partial charge in [-0.25, -0.2) is 13.8 Å². The first kappa shape index (κ1) is 32.8. The number of carbonyl (C=O) groups is 2. The number of halogens is 2. The molecule has 8 nitrogen and oxygen atoms in total. The van der Waals surface area contributed by atoms with Crippen molar-refractivity contribution in [1.29, 1.82) is 0 Å². The molecule has 1 amide bonds. The van der Waals surface area contributed by atoms with Gasteiger partial charge in [0, 0.05) is 48.9 Å². The van der Waals surface area contributed by atoms with Crippen molar-refractivity contribution in [3.05, 3.63) is 58.5 Å². The normalized spacial score (nSPS) is 16.5. The lowest BCUT2D eigenvalue weighted by Gasteiger charge is -2.36. The van der Waals surface area contributed by atoms with Crippen molar-refractivity contribution < 1.29 is 27.8 Å². The fraction of sp³-hybridized carbons (Fsp3) is 0.500. The molecule has 45 heavy (non-hydrogen) atoms. The number of anilines is 2. The fourth-order valence-corrected chi connectivity index (χ4v) is 7.26. The Bertz CT molecular complexity index is 1550. The maximum absolute atomic E-state index is 14.2. The van der Waals surface area contributed by atoms with E-state index in [1.165, 1.54) is 16.2 Å². The molecule has 0 unspecified atom stereocenters. The van der Waals surface area contributed by atoms with Crippen molar-refractivity contribution >= 4 is 34.0 Å². The Morgan fingerprint density at radius 3 is 2.22 bits per heavy atom. The molecule has 0 radical (unpaired) electrons. The summed E-state index contributed by atoms with van der Waals surface area (Å²) in [6.07, 6.45) is 2.13. The molecule has 1 fully saturated rings. The molecule has 0 bridgehead atoms. The topological polar surface area (TPSA) is 75.2 Å². The number of rotatable bonds is 8. The van der Waals surface area contributed by atoms with Gasteiger partial charge < -0.3 is 19.3 Å². The van der Waals surface area contributed by atoms with Crippen molar-refractivity contribution in [2.45, 2.75) is 64.5 Å². The van der Waals surface area contributed by atoms with Crippen molar-refractivity contribution in [3.63, 3.8) is 0 Å². The summed E-state index contributed by atoms with van der Waals surface area (Å²) < 4.78 is 39.7. The summed E-state index contributed by atoms with van der Waals surface area (Å²) in [6, 6.07) is 8.93. The number of aromatic nitrogens is 1. The zero-order valence-electron chi connectivity index (χ0n) is 27.1. The quantitative estimate of drug-likeness (QED) is 0.275. The van der Waals surface area contributed by atoms with Gasteiger partial charge in [-0.2, -0.15) is 0 Å². The van der Waals surface area contributed by atoms with Crippen molar-refractivity contribution in [2.24, 2.45) is 5.41 Å². The van der Waals surface area contributed by atoms with E-state index in [9.17, 15) is 18.4 Å². The first-order chi connectivity index (χ1) is 21.2. The van der Waals surface area contributed by atoms with E-state index in [0.717, 1.165) is 49.3 Å². The molecule has 242 valence electrons. The third-order valence-corrected chi connectivity index (χ3v) is 9.68. The highest BCUT2D eigenvalue weighted by Gasteiger charge is 2.48. The number of nitrogens with zero attached hydrogens (tertiary/aromatic N) is 4. The Morgan fingerprint density at radius 1 is 1.04 bits per heavy atom. The number of piperidine rings is 1. The standard InChI is InChI=1S/C34H42F2N4O4S/c1-33(2,3)44-30(41)19-34(17-21-14-26(35)27(36)15-22(21)18-34)31(42)39(6)32-37-28(20-45-32)25-9-8-24(16-29(25)43-7)40-12-10-23(11-13-40)38(4)5/h8-9,14-16,20,23H,10-13,17-19H2,1-7H3. The van der Waals surface area contributed by atoms with Crippen molar-refractivity contribution in [1.82, 2.24) is 9.88 Å². The number of carbonyl (C=O) groups excluding carboxylic acids is 2. The van der Waals surface area contributed by atoms with Gasteiger partial charge in [-0.1, -0.05) is 0 Å². The maximum Gasteiger partial charge on any atom is 0.307 e. The van der Waals surface area contributed by atoms with Gasteiger partial charge in [-0.15, -0.1) is 11.3 Å². The second kappa shape index (κ2) is 12.7. The van der Waals surface area contributed by atoms with Crippen LogP contribution in [0.4, 0.5) is 19.6 Å². The highest BCUT2D eigenvalue weighted by atomic mass is 32.1. The van der Waals surface area contributed by atoms with Crippen LogP contribution in [0.25, 0.3) is 11.3 Å². The van der Waals surface area contributed by atoms with Crippen molar-refractivity contribution in [3.8, 4) is 17.0 Å². The van der Waals surface area contributed by atoms with E-state index in [2.05, 4.69) is 30.0 Å². The highest BCUT2D eigenvalue weighted by molar-refractivity contribution is 7.14. The van der Waals surface area contributed by atoms with Gasteiger partial charge in [0.05, 0.1) is 24.6 Å². The van der Waals surface area contributed by atoms with Crippen LogP contribution in [-0.4, -0.2) is 74.7 Å². The zero-order valence-corrected chi connectivity index (χ0v) is 27.9. The van der Waals surface area contributed by atoms with Crippen LogP contribution < -0.4 is 14.5 Å². The van der Waals surface area contributed by atoms with Gasteiger partial charge in [0.1, 0.15) is 11.4 Å². The Hall–Kier alpha value is -3.57. The predicted octanol–water partition coefficient (Wildman–Crippen LogP) is 6.11. The Kier molecular flexibility index (Phi) is 9.24. The molecule has 0 saturated carbocycles. The van der Waals surface area contributed by atoms with Crippen molar-refractivity contribution in [2.75, 3.05) is 51.1 Å². The average molecular weight is 641 g/mol. The number of methoxy groups -OCH3 is 1. The number of esters is 1.